The summed E-state index contributed by atoms with van der Waals surface area (Å²) in [5, 5.41) is 0.858. The first-order valence-electron chi connectivity index (χ1n) is 10.5. The van der Waals surface area contributed by atoms with Gasteiger partial charge in [0.05, 0.1) is 25.1 Å². The maximum absolute atomic E-state index is 13.2. The molecule has 1 saturated heterocycles. The Balaban J connectivity index is 1.44. The van der Waals surface area contributed by atoms with E-state index in [0.717, 1.165) is 51.4 Å². The van der Waals surface area contributed by atoms with Crippen LogP contribution in [0.3, 0.4) is 0 Å². The van der Waals surface area contributed by atoms with Gasteiger partial charge in [-0.15, -0.1) is 11.3 Å². The summed E-state index contributed by atoms with van der Waals surface area (Å²) in [6, 6.07) is 15.9. The molecular weight excluding hydrogens is 410 g/mol. The molecule has 162 valence electrons. The predicted octanol–water partition coefficient (Wildman–Crippen LogP) is 4.49. The van der Waals surface area contributed by atoms with Crippen molar-refractivity contribution in [1.82, 2.24) is 9.88 Å². The minimum atomic E-state index is 0.0619. The number of ether oxygens (including phenoxy) is 2. The van der Waals surface area contributed by atoms with Gasteiger partial charge >= 0.3 is 0 Å². The van der Waals surface area contributed by atoms with Gasteiger partial charge in [0.2, 0.25) is 0 Å². The van der Waals surface area contributed by atoms with E-state index < -0.39 is 0 Å². The molecule has 0 radical (unpaired) electrons. The molecule has 31 heavy (non-hydrogen) atoms. The number of thiazole rings is 1. The fourth-order valence-corrected chi connectivity index (χ4v) is 4.80. The van der Waals surface area contributed by atoms with Crippen LogP contribution in [0.2, 0.25) is 0 Å². The second kappa shape index (κ2) is 9.39. The number of carbonyl (C=O) groups is 1. The van der Waals surface area contributed by atoms with E-state index in [4.69, 9.17) is 9.47 Å². The number of hydrogen-bond acceptors (Lipinski definition) is 6. The first-order chi connectivity index (χ1) is 15.1. The van der Waals surface area contributed by atoms with Crippen LogP contribution in [-0.4, -0.2) is 55.7 Å². The van der Waals surface area contributed by atoms with E-state index in [1.165, 1.54) is 11.3 Å². The lowest BCUT2D eigenvalue weighted by molar-refractivity contribution is 0.0750. The summed E-state index contributed by atoms with van der Waals surface area (Å²) in [5.41, 5.74) is 2.85. The number of aromatic nitrogens is 1. The first kappa shape index (κ1) is 21.2. The van der Waals surface area contributed by atoms with Crippen molar-refractivity contribution in [2.75, 3.05) is 44.8 Å². The third-order valence-electron chi connectivity index (χ3n) is 5.40. The second-order valence-corrected chi connectivity index (χ2v) is 8.34. The van der Waals surface area contributed by atoms with Crippen LogP contribution in [0, 0.1) is 6.92 Å². The maximum Gasteiger partial charge on any atom is 0.265 e. The Morgan fingerprint density at radius 1 is 1.06 bits per heavy atom. The number of anilines is 1. The fraction of sp³-hybridized carbons (Fsp3) is 0.333. The lowest BCUT2D eigenvalue weighted by atomic mass is 10.2. The van der Waals surface area contributed by atoms with Crippen molar-refractivity contribution < 1.29 is 14.3 Å². The van der Waals surface area contributed by atoms with Gasteiger partial charge in [-0.05, 0) is 50.2 Å². The molecule has 1 aliphatic rings. The topological polar surface area (TPSA) is 54.9 Å². The van der Waals surface area contributed by atoms with Crippen molar-refractivity contribution >= 4 is 22.9 Å². The summed E-state index contributed by atoms with van der Waals surface area (Å²) in [6.45, 7) is 7.41. The number of piperazine rings is 1. The minimum absolute atomic E-state index is 0.0619. The zero-order chi connectivity index (χ0) is 21.8. The molecule has 6 nitrogen and oxygen atoms in total. The average Bonchev–Trinajstić information content (AvgIpc) is 3.21. The van der Waals surface area contributed by atoms with Crippen LogP contribution in [0.15, 0.2) is 48.5 Å². The molecule has 2 aromatic carbocycles. The smallest absolute Gasteiger partial charge is 0.265 e. The standard InChI is InChI=1S/C24H27N3O3S/c1-4-30-19-11-9-18(10-12-19)23-25-17(2)22(31-23)24(28)27-15-13-26(14-16-27)20-7-5-6-8-21(20)29-3/h5-12H,4,13-16H2,1-3H3. The zero-order valence-corrected chi connectivity index (χ0v) is 18.9. The highest BCUT2D eigenvalue weighted by molar-refractivity contribution is 7.17. The number of carbonyl (C=O) groups excluding carboxylic acids is 1. The van der Waals surface area contributed by atoms with Crippen molar-refractivity contribution in [3.63, 3.8) is 0 Å². The Kier molecular flexibility index (Phi) is 6.42. The predicted molar refractivity (Wildman–Crippen MR) is 125 cm³/mol. The van der Waals surface area contributed by atoms with E-state index in [1.807, 2.05) is 61.2 Å². The fourth-order valence-electron chi connectivity index (χ4n) is 3.76. The van der Waals surface area contributed by atoms with Crippen LogP contribution in [0.4, 0.5) is 5.69 Å². The van der Waals surface area contributed by atoms with Crippen LogP contribution >= 0.6 is 11.3 Å². The molecule has 0 aliphatic carbocycles. The van der Waals surface area contributed by atoms with E-state index >= 15 is 0 Å². The lowest BCUT2D eigenvalue weighted by Gasteiger charge is -2.36. The quantitative estimate of drug-likeness (QED) is 0.569. The van der Waals surface area contributed by atoms with Gasteiger partial charge in [-0.2, -0.15) is 0 Å². The molecule has 1 aromatic heterocycles. The Hall–Kier alpha value is -3.06. The molecule has 0 unspecified atom stereocenters. The summed E-state index contributed by atoms with van der Waals surface area (Å²) >= 11 is 1.46. The van der Waals surface area contributed by atoms with Crippen molar-refractivity contribution in [3.05, 3.63) is 59.1 Å². The third kappa shape index (κ3) is 4.51. The summed E-state index contributed by atoms with van der Waals surface area (Å²) in [4.78, 5) is 22.8. The molecule has 0 spiro atoms. The van der Waals surface area contributed by atoms with Gasteiger partial charge in [-0.25, -0.2) is 4.98 Å². The minimum Gasteiger partial charge on any atom is -0.495 e. The number of amides is 1. The highest BCUT2D eigenvalue weighted by Crippen LogP contribution is 2.31. The summed E-state index contributed by atoms with van der Waals surface area (Å²) in [7, 11) is 1.69. The molecule has 1 fully saturated rings. The molecule has 0 N–H and O–H groups in total. The van der Waals surface area contributed by atoms with Gasteiger partial charge < -0.3 is 19.3 Å². The Morgan fingerprint density at radius 2 is 1.77 bits per heavy atom. The van der Waals surface area contributed by atoms with E-state index in [0.29, 0.717) is 19.7 Å². The normalized spacial score (nSPS) is 13.9. The number of benzene rings is 2. The third-order valence-corrected chi connectivity index (χ3v) is 6.59. The average molecular weight is 438 g/mol. The first-order valence-corrected chi connectivity index (χ1v) is 11.3. The van der Waals surface area contributed by atoms with Crippen LogP contribution in [-0.2, 0) is 0 Å². The molecule has 0 bridgehead atoms. The Bertz CT molecular complexity index is 1040. The Labute approximate surface area is 187 Å². The molecule has 0 atom stereocenters. The number of methoxy groups -OCH3 is 1. The van der Waals surface area contributed by atoms with E-state index in [9.17, 15) is 4.79 Å². The van der Waals surface area contributed by atoms with Crippen molar-refractivity contribution in [2.45, 2.75) is 13.8 Å². The molecule has 1 amide bonds. The van der Waals surface area contributed by atoms with Gasteiger partial charge in [0.15, 0.2) is 0 Å². The number of para-hydroxylation sites is 2. The van der Waals surface area contributed by atoms with Crippen molar-refractivity contribution in [1.29, 1.82) is 0 Å². The van der Waals surface area contributed by atoms with Gasteiger partial charge in [0.25, 0.3) is 5.91 Å². The Morgan fingerprint density at radius 3 is 2.45 bits per heavy atom. The number of nitrogens with zero attached hydrogens (tertiary/aromatic N) is 3. The molecule has 4 rings (SSSR count). The van der Waals surface area contributed by atoms with Gasteiger partial charge in [-0.3, -0.25) is 4.79 Å². The monoisotopic (exact) mass is 437 g/mol. The molecular formula is C24H27N3O3S. The molecule has 1 aliphatic heterocycles. The van der Waals surface area contributed by atoms with E-state index in [-0.39, 0.29) is 5.91 Å². The van der Waals surface area contributed by atoms with Crippen LogP contribution in [0.1, 0.15) is 22.3 Å². The van der Waals surface area contributed by atoms with Crippen molar-refractivity contribution in [2.24, 2.45) is 0 Å². The van der Waals surface area contributed by atoms with Gasteiger partial charge in [-0.1, -0.05) is 12.1 Å². The number of aryl methyl sites for hydroxylation is 1. The van der Waals surface area contributed by atoms with Crippen LogP contribution in [0.5, 0.6) is 11.5 Å². The van der Waals surface area contributed by atoms with E-state index in [1.54, 1.807) is 7.11 Å². The highest BCUT2D eigenvalue weighted by Gasteiger charge is 2.26. The second-order valence-electron chi connectivity index (χ2n) is 7.34. The molecule has 2 heterocycles. The van der Waals surface area contributed by atoms with Crippen LogP contribution in [0.25, 0.3) is 10.6 Å². The highest BCUT2D eigenvalue weighted by atomic mass is 32.1. The SMILES string of the molecule is CCOc1ccc(-c2nc(C)c(C(=O)N3CCN(c4ccccc4OC)CC3)s2)cc1. The number of rotatable bonds is 6. The largest absolute Gasteiger partial charge is 0.495 e. The molecule has 0 saturated carbocycles. The number of hydrogen-bond donors (Lipinski definition) is 0. The molecule has 3 aromatic rings. The summed E-state index contributed by atoms with van der Waals surface area (Å²) in [6.07, 6.45) is 0. The van der Waals surface area contributed by atoms with Crippen LogP contribution < -0.4 is 14.4 Å². The van der Waals surface area contributed by atoms with Gasteiger partial charge in [0.1, 0.15) is 21.4 Å². The van der Waals surface area contributed by atoms with E-state index in [2.05, 4.69) is 16.0 Å². The van der Waals surface area contributed by atoms with Crippen molar-refractivity contribution in [3.8, 4) is 22.1 Å². The molecule has 7 heteroatoms. The van der Waals surface area contributed by atoms with Gasteiger partial charge in [0, 0.05) is 31.7 Å². The maximum atomic E-state index is 13.2. The zero-order valence-electron chi connectivity index (χ0n) is 18.1. The lowest BCUT2D eigenvalue weighted by Crippen LogP contribution is -2.48. The summed E-state index contributed by atoms with van der Waals surface area (Å²) < 4.78 is 11.0. The summed E-state index contributed by atoms with van der Waals surface area (Å²) in [5.74, 6) is 1.76.